The van der Waals surface area contributed by atoms with Crippen molar-refractivity contribution in [1.82, 2.24) is 4.98 Å². The highest BCUT2D eigenvalue weighted by molar-refractivity contribution is 5.53. The first-order chi connectivity index (χ1) is 12.2. The second kappa shape index (κ2) is 7.79. The Morgan fingerprint density at radius 2 is 2.08 bits per heavy atom. The molecule has 2 aromatic rings. The quantitative estimate of drug-likeness (QED) is 0.897. The van der Waals surface area contributed by atoms with Crippen molar-refractivity contribution >= 4 is 11.5 Å². The van der Waals surface area contributed by atoms with Gasteiger partial charge < -0.3 is 15.0 Å². The Balaban J connectivity index is 1.66. The summed E-state index contributed by atoms with van der Waals surface area (Å²) in [4.78, 5) is 6.42. The van der Waals surface area contributed by atoms with Crippen molar-refractivity contribution in [2.24, 2.45) is 0 Å². The summed E-state index contributed by atoms with van der Waals surface area (Å²) < 4.78 is 28.8. The third-order valence-electron chi connectivity index (χ3n) is 4.12. The maximum absolute atomic E-state index is 12.2. The number of rotatable bonds is 5. The summed E-state index contributed by atoms with van der Waals surface area (Å²) >= 11 is 0. The number of aromatic nitrogens is 1. The van der Waals surface area contributed by atoms with Gasteiger partial charge in [0.05, 0.1) is 5.56 Å². The van der Waals surface area contributed by atoms with E-state index in [0.29, 0.717) is 11.4 Å². The van der Waals surface area contributed by atoms with Crippen LogP contribution in [0.1, 0.15) is 18.4 Å². The summed E-state index contributed by atoms with van der Waals surface area (Å²) in [5.41, 5.74) is 1.47. The number of nitrogens with zero attached hydrogens (tertiary/aromatic N) is 3. The maximum Gasteiger partial charge on any atom is 0.387 e. The number of alkyl halides is 2. The van der Waals surface area contributed by atoms with Gasteiger partial charge in [-0.1, -0.05) is 0 Å². The first kappa shape index (κ1) is 17.0. The summed E-state index contributed by atoms with van der Waals surface area (Å²) in [5.74, 6) is 0.745. The number of ether oxygens (including phenoxy) is 1. The zero-order chi connectivity index (χ0) is 17.6. The lowest BCUT2D eigenvalue weighted by molar-refractivity contribution is -0.0498. The van der Waals surface area contributed by atoms with E-state index >= 15 is 0 Å². The molecule has 1 aromatic heterocycles. The summed E-state index contributed by atoms with van der Waals surface area (Å²) in [7, 11) is 0. The molecule has 5 nitrogen and oxygen atoms in total. The van der Waals surface area contributed by atoms with Crippen molar-refractivity contribution in [2.45, 2.75) is 25.5 Å². The molecule has 0 bridgehead atoms. The Bertz CT molecular complexity index is 745. The minimum Gasteiger partial charge on any atom is -0.435 e. The Kier molecular flexibility index (Phi) is 5.29. The smallest absolute Gasteiger partial charge is 0.387 e. The van der Waals surface area contributed by atoms with Crippen LogP contribution < -0.4 is 15.0 Å². The van der Waals surface area contributed by atoms with E-state index in [0.717, 1.165) is 31.6 Å². The molecule has 130 valence electrons. The van der Waals surface area contributed by atoms with E-state index in [1.807, 2.05) is 0 Å². The predicted molar refractivity (Wildman–Crippen MR) is 90.9 cm³/mol. The third kappa shape index (κ3) is 4.35. The molecule has 0 spiro atoms. The van der Waals surface area contributed by atoms with Gasteiger partial charge in [-0.15, -0.1) is 0 Å². The van der Waals surface area contributed by atoms with Crippen molar-refractivity contribution in [3.8, 4) is 11.8 Å². The van der Waals surface area contributed by atoms with Crippen LogP contribution in [0.25, 0.3) is 0 Å². The van der Waals surface area contributed by atoms with Crippen molar-refractivity contribution in [3.05, 3.63) is 48.2 Å². The number of nitriles is 1. The van der Waals surface area contributed by atoms with Gasteiger partial charge in [0.2, 0.25) is 0 Å². The van der Waals surface area contributed by atoms with E-state index in [1.54, 1.807) is 42.6 Å². The van der Waals surface area contributed by atoms with Crippen molar-refractivity contribution in [2.75, 3.05) is 23.3 Å². The molecule has 7 heteroatoms. The zero-order valence-corrected chi connectivity index (χ0v) is 13.5. The highest BCUT2D eigenvalue weighted by Crippen LogP contribution is 2.25. The lowest BCUT2D eigenvalue weighted by Crippen LogP contribution is -2.42. The highest BCUT2D eigenvalue weighted by Gasteiger charge is 2.21. The molecule has 1 aromatic carbocycles. The molecule has 1 N–H and O–H groups in total. The lowest BCUT2D eigenvalue weighted by atomic mass is 10.0. The van der Waals surface area contributed by atoms with Crippen LogP contribution in [0.5, 0.6) is 5.75 Å². The Hall–Kier alpha value is -2.88. The minimum atomic E-state index is -2.82. The van der Waals surface area contributed by atoms with E-state index in [2.05, 4.69) is 26.0 Å². The topological polar surface area (TPSA) is 61.2 Å². The monoisotopic (exact) mass is 344 g/mol. The zero-order valence-electron chi connectivity index (χ0n) is 13.5. The van der Waals surface area contributed by atoms with E-state index < -0.39 is 6.61 Å². The first-order valence-electron chi connectivity index (χ1n) is 8.07. The number of benzene rings is 1. The SMILES string of the molecule is N#Cc1cccnc1NC1CCCN(c2ccc(OC(F)F)cc2)C1. The second-order valence-corrected chi connectivity index (χ2v) is 5.81. The molecular weight excluding hydrogens is 326 g/mol. The van der Waals surface area contributed by atoms with Crippen LogP contribution in [-0.4, -0.2) is 30.7 Å². The molecule has 0 saturated carbocycles. The highest BCUT2D eigenvalue weighted by atomic mass is 19.3. The van der Waals surface area contributed by atoms with E-state index in [9.17, 15) is 8.78 Å². The molecule has 0 radical (unpaired) electrons. The van der Waals surface area contributed by atoms with Gasteiger partial charge in [0.1, 0.15) is 17.6 Å². The van der Waals surface area contributed by atoms with Crippen molar-refractivity contribution < 1.29 is 13.5 Å². The average molecular weight is 344 g/mol. The molecule has 0 amide bonds. The molecule has 1 fully saturated rings. The van der Waals surface area contributed by atoms with Gasteiger partial charge >= 0.3 is 6.61 Å². The molecule has 2 heterocycles. The predicted octanol–water partition coefficient (Wildman–Crippen LogP) is 3.64. The number of hydrogen-bond acceptors (Lipinski definition) is 5. The van der Waals surface area contributed by atoms with E-state index in [-0.39, 0.29) is 11.8 Å². The number of nitrogens with one attached hydrogen (secondary N) is 1. The fourth-order valence-electron chi connectivity index (χ4n) is 2.97. The van der Waals surface area contributed by atoms with Crippen LogP contribution in [0, 0.1) is 11.3 Å². The molecule has 1 aliphatic heterocycles. The van der Waals surface area contributed by atoms with Crippen LogP contribution >= 0.6 is 0 Å². The molecule has 0 aliphatic carbocycles. The Morgan fingerprint density at radius 3 is 2.80 bits per heavy atom. The molecule has 1 atom stereocenters. The van der Waals surface area contributed by atoms with Gasteiger partial charge in [-0.25, -0.2) is 4.98 Å². The van der Waals surface area contributed by atoms with Gasteiger partial charge in [-0.2, -0.15) is 14.0 Å². The molecular formula is C18H18F2N4O. The number of pyridine rings is 1. The fraction of sp³-hybridized carbons (Fsp3) is 0.333. The van der Waals surface area contributed by atoms with Crippen LogP contribution in [-0.2, 0) is 0 Å². The van der Waals surface area contributed by atoms with Gasteiger partial charge in [0.15, 0.2) is 0 Å². The normalized spacial score (nSPS) is 17.2. The van der Waals surface area contributed by atoms with Crippen molar-refractivity contribution in [1.29, 1.82) is 5.26 Å². The summed E-state index contributed by atoms with van der Waals surface area (Å²) in [6.07, 6.45) is 3.62. The molecule has 25 heavy (non-hydrogen) atoms. The number of halogens is 2. The number of piperidine rings is 1. The fourth-order valence-corrected chi connectivity index (χ4v) is 2.97. The molecule has 1 aliphatic rings. The Labute approximate surface area is 144 Å². The first-order valence-corrected chi connectivity index (χ1v) is 8.07. The van der Waals surface area contributed by atoms with Crippen LogP contribution in [0.4, 0.5) is 20.3 Å². The van der Waals surface area contributed by atoms with Crippen LogP contribution in [0.2, 0.25) is 0 Å². The molecule has 3 rings (SSSR count). The van der Waals surface area contributed by atoms with Gasteiger partial charge in [0.25, 0.3) is 0 Å². The van der Waals surface area contributed by atoms with Gasteiger partial charge in [-0.3, -0.25) is 0 Å². The number of hydrogen-bond donors (Lipinski definition) is 1. The Morgan fingerprint density at radius 1 is 1.28 bits per heavy atom. The van der Waals surface area contributed by atoms with Gasteiger partial charge in [-0.05, 0) is 49.2 Å². The van der Waals surface area contributed by atoms with E-state index in [1.165, 1.54) is 0 Å². The minimum absolute atomic E-state index is 0.151. The third-order valence-corrected chi connectivity index (χ3v) is 4.12. The van der Waals surface area contributed by atoms with Crippen LogP contribution in [0.3, 0.4) is 0 Å². The second-order valence-electron chi connectivity index (χ2n) is 5.81. The van der Waals surface area contributed by atoms with Crippen LogP contribution in [0.15, 0.2) is 42.6 Å². The lowest BCUT2D eigenvalue weighted by Gasteiger charge is -2.35. The standard InChI is InChI=1S/C18H18F2N4O/c19-18(20)25-16-7-5-15(6-8-16)24-10-2-4-14(12-24)23-17-13(11-21)3-1-9-22-17/h1,3,5-9,14,18H,2,4,10,12H2,(H,22,23). The summed E-state index contributed by atoms with van der Waals surface area (Å²) in [6, 6.07) is 12.4. The molecule has 1 saturated heterocycles. The van der Waals surface area contributed by atoms with E-state index in [4.69, 9.17) is 5.26 Å². The van der Waals surface area contributed by atoms with Crippen molar-refractivity contribution in [3.63, 3.8) is 0 Å². The number of anilines is 2. The summed E-state index contributed by atoms with van der Waals surface area (Å²) in [5, 5.41) is 12.5. The summed E-state index contributed by atoms with van der Waals surface area (Å²) in [6.45, 7) is -1.18. The molecule has 1 unspecified atom stereocenters. The average Bonchev–Trinajstić information content (AvgIpc) is 2.62. The largest absolute Gasteiger partial charge is 0.435 e. The van der Waals surface area contributed by atoms with Gasteiger partial charge in [0, 0.05) is 31.0 Å². The maximum atomic E-state index is 12.2.